The van der Waals surface area contributed by atoms with E-state index in [-0.39, 0.29) is 5.69 Å². The monoisotopic (exact) mass is 273 g/mol. The molecule has 0 radical (unpaired) electrons. The number of rotatable bonds is 1. The number of hydrogen-bond donors (Lipinski definition) is 1. The molecule has 94 valence electrons. The molecule has 0 saturated carbocycles. The number of nitrogens with zero attached hydrogens (tertiary/aromatic N) is 5. The van der Waals surface area contributed by atoms with E-state index in [0.29, 0.717) is 12.2 Å². The fraction of sp³-hybridized carbons (Fsp3) is 0.0909. The van der Waals surface area contributed by atoms with Crippen LogP contribution in [0.2, 0.25) is 0 Å². The van der Waals surface area contributed by atoms with Crippen LogP contribution in [0.5, 0.6) is 0 Å². The summed E-state index contributed by atoms with van der Waals surface area (Å²) in [6.45, 7) is 0.346. The molecule has 0 unspecified atom stereocenters. The van der Waals surface area contributed by atoms with Gasteiger partial charge in [0.25, 0.3) is 0 Å². The fourth-order valence-corrected chi connectivity index (χ4v) is 3.16. The molecule has 3 aromatic heterocycles. The first-order chi connectivity index (χ1) is 9.25. The van der Waals surface area contributed by atoms with Crippen LogP contribution in [0.1, 0.15) is 16.2 Å². The van der Waals surface area contributed by atoms with Crippen LogP contribution in [-0.2, 0) is 6.54 Å². The van der Waals surface area contributed by atoms with Crippen molar-refractivity contribution in [1.29, 1.82) is 0 Å². The van der Waals surface area contributed by atoms with E-state index in [4.69, 9.17) is 0 Å². The third-order valence-electron chi connectivity index (χ3n) is 3.09. The zero-order chi connectivity index (χ0) is 13.0. The second kappa shape index (κ2) is 3.51. The van der Waals surface area contributed by atoms with Gasteiger partial charge in [-0.2, -0.15) is 5.10 Å². The lowest BCUT2D eigenvalue weighted by Crippen LogP contribution is -2.09. The van der Waals surface area contributed by atoms with Crippen molar-refractivity contribution in [2.24, 2.45) is 0 Å². The number of aromatic carboxylic acids is 1. The molecule has 0 spiro atoms. The molecule has 1 N–H and O–H groups in total. The summed E-state index contributed by atoms with van der Waals surface area (Å²) in [6, 6.07) is 1.95. The summed E-state index contributed by atoms with van der Waals surface area (Å²) in [5, 5.41) is 16.2. The van der Waals surface area contributed by atoms with E-state index in [9.17, 15) is 9.90 Å². The highest BCUT2D eigenvalue weighted by atomic mass is 32.1. The first-order valence-electron chi connectivity index (χ1n) is 5.51. The normalized spacial score (nSPS) is 12.4. The van der Waals surface area contributed by atoms with Crippen LogP contribution in [-0.4, -0.2) is 35.4 Å². The van der Waals surface area contributed by atoms with Crippen LogP contribution < -0.4 is 0 Å². The predicted molar refractivity (Wildman–Crippen MR) is 66.5 cm³/mol. The topological polar surface area (TPSA) is 85.8 Å². The molecule has 0 saturated heterocycles. The molecule has 4 rings (SSSR count). The van der Waals surface area contributed by atoms with Crippen molar-refractivity contribution in [3.63, 3.8) is 0 Å². The van der Waals surface area contributed by atoms with Gasteiger partial charge in [0, 0.05) is 0 Å². The number of hydrogen-bond acceptors (Lipinski definition) is 5. The lowest BCUT2D eigenvalue weighted by Gasteiger charge is -2.03. The van der Waals surface area contributed by atoms with Gasteiger partial charge in [-0.25, -0.2) is 19.4 Å². The molecule has 19 heavy (non-hydrogen) atoms. The molecule has 1 aliphatic heterocycles. The van der Waals surface area contributed by atoms with E-state index in [2.05, 4.69) is 15.1 Å². The fourth-order valence-electron chi connectivity index (χ4n) is 2.27. The molecular formula is C11H7N5O2S. The molecule has 8 heteroatoms. The Labute approximate surface area is 110 Å². The molecule has 0 amide bonds. The molecule has 3 aromatic rings. The maximum absolute atomic E-state index is 11.2. The van der Waals surface area contributed by atoms with Crippen LogP contribution in [0.3, 0.4) is 0 Å². The van der Waals surface area contributed by atoms with Gasteiger partial charge in [-0.3, -0.25) is 4.57 Å². The van der Waals surface area contributed by atoms with E-state index in [1.807, 2.05) is 11.4 Å². The van der Waals surface area contributed by atoms with Crippen molar-refractivity contribution in [2.45, 2.75) is 6.54 Å². The van der Waals surface area contributed by atoms with Gasteiger partial charge in [-0.05, 0) is 11.4 Å². The van der Waals surface area contributed by atoms with Crippen LogP contribution in [0.15, 0.2) is 24.1 Å². The zero-order valence-electron chi connectivity index (χ0n) is 9.52. The van der Waals surface area contributed by atoms with Crippen molar-refractivity contribution in [3.8, 4) is 16.4 Å². The molecule has 0 bridgehead atoms. The number of carbonyl (C=O) groups is 1. The van der Waals surface area contributed by atoms with E-state index in [0.717, 1.165) is 16.4 Å². The summed E-state index contributed by atoms with van der Waals surface area (Å²) in [6.07, 6.45) is 3.02. The Balaban J connectivity index is 2.08. The second-order valence-electron chi connectivity index (χ2n) is 4.10. The Kier molecular flexibility index (Phi) is 1.93. The summed E-state index contributed by atoms with van der Waals surface area (Å²) in [5.41, 5.74) is 1.61. The highest BCUT2D eigenvalue weighted by Gasteiger charge is 2.26. The zero-order valence-corrected chi connectivity index (χ0v) is 10.3. The second-order valence-corrected chi connectivity index (χ2v) is 4.99. The first-order valence-corrected chi connectivity index (χ1v) is 6.39. The van der Waals surface area contributed by atoms with Crippen molar-refractivity contribution in [3.05, 3.63) is 35.5 Å². The van der Waals surface area contributed by atoms with Gasteiger partial charge in [-0.1, -0.05) is 0 Å². The quantitative estimate of drug-likeness (QED) is 0.564. The average molecular weight is 273 g/mol. The minimum absolute atomic E-state index is 0.0581. The summed E-state index contributed by atoms with van der Waals surface area (Å²) >= 11 is 1.52. The van der Waals surface area contributed by atoms with Crippen LogP contribution in [0.4, 0.5) is 0 Å². The van der Waals surface area contributed by atoms with Gasteiger partial charge >= 0.3 is 5.97 Å². The number of aromatic nitrogens is 5. The number of carboxylic acids is 1. The third-order valence-corrected chi connectivity index (χ3v) is 4.00. The van der Waals surface area contributed by atoms with Crippen molar-refractivity contribution >= 4 is 17.3 Å². The Morgan fingerprint density at radius 2 is 2.32 bits per heavy atom. The highest BCUT2D eigenvalue weighted by molar-refractivity contribution is 7.13. The summed E-state index contributed by atoms with van der Waals surface area (Å²) in [5.74, 6) is -0.285. The summed E-state index contributed by atoms with van der Waals surface area (Å²) in [7, 11) is 0. The van der Waals surface area contributed by atoms with Gasteiger partial charge < -0.3 is 5.11 Å². The number of thiophene rings is 1. The number of carboxylic acid groups (broad SMARTS) is 1. The van der Waals surface area contributed by atoms with Crippen molar-refractivity contribution in [2.75, 3.05) is 0 Å². The molecule has 0 atom stereocenters. The van der Waals surface area contributed by atoms with Crippen molar-refractivity contribution < 1.29 is 9.90 Å². The van der Waals surface area contributed by atoms with E-state index >= 15 is 0 Å². The van der Waals surface area contributed by atoms with Crippen LogP contribution >= 0.6 is 11.3 Å². The molecule has 1 aliphatic rings. The number of imidazole rings is 1. The molecule has 0 aromatic carbocycles. The maximum Gasteiger partial charge on any atom is 0.356 e. The standard InChI is InChI=1S/C11H7N5O2S/c17-11(18)8-7-3-16-9(12-4-14-16)6-1-2-19-10(6)15(7)5-13-8/h1-2,4-5H,3H2,(H,17,18). The van der Waals surface area contributed by atoms with E-state index < -0.39 is 5.97 Å². The third kappa shape index (κ3) is 1.31. The van der Waals surface area contributed by atoms with Gasteiger partial charge in [0.15, 0.2) is 11.5 Å². The molecule has 7 nitrogen and oxygen atoms in total. The SMILES string of the molecule is O=C(O)c1ncn2c1Cn1ncnc1-c1ccsc1-2. The van der Waals surface area contributed by atoms with Crippen LogP contribution in [0, 0.1) is 0 Å². The molecule has 0 aliphatic carbocycles. The minimum Gasteiger partial charge on any atom is -0.476 e. The molecule has 4 heterocycles. The highest BCUT2D eigenvalue weighted by Crippen LogP contribution is 2.34. The van der Waals surface area contributed by atoms with E-state index in [1.54, 1.807) is 15.6 Å². The minimum atomic E-state index is -1.03. The smallest absolute Gasteiger partial charge is 0.356 e. The molecule has 0 fully saturated rings. The lowest BCUT2D eigenvalue weighted by atomic mass is 10.3. The summed E-state index contributed by atoms with van der Waals surface area (Å²) in [4.78, 5) is 19.5. The van der Waals surface area contributed by atoms with Gasteiger partial charge in [-0.15, -0.1) is 11.3 Å². The van der Waals surface area contributed by atoms with Crippen LogP contribution in [0.25, 0.3) is 16.4 Å². The molecular weight excluding hydrogens is 266 g/mol. The van der Waals surface area contributed by atoms with Gasteiger partial charge in [0.2, 0.25) is 0 Å². The summed E-state index contributed by atoms with van der Waals surface area (Å²) < 4.78 is 3.50. The Bertz CT molecular complexity index is 800. The maximum atomic E-state index is 11.2. The Hall–Kier alpha value is -2.48. The lowest BCUT2D eigenvalue weighted by molar-refractivity contribution is 0.0689. The average Bonchev–Trinajstić information content (AvgIpc) is 3.06. The van der Waals surface area contributed by atoms with Gasteiger partial charge in [0.1, 0.15) is 17.7 Å². The first kappa shape index (κ1) is 10.4. The Morgan fingerprint density at radius 1 is 1.42 bits per heavy atom. The van der Waals surface area contributed by atoms with Crippen molar-refractivity contribution in [1.82, 2.24) is 24.3 Å². The van der Waals surface area contributed by atoms with E-state index in [1.165, 1.54) is 17.7 Å². The van der Waals surface area contributed by atoms with Gasteiger partial charge in [0.05, 0.1) is 17.8 Å². The largest absolute Gasteiger partial charge is 0.476 e. The Morgan fingerprint density at radius 3 is 3.16 bits per heavy atom. The predicted octanol–water partition coefficient (Wildman–Crippen LogP) is 1.25. The number of fused-ring (bicyclic) bond motifs is 5.